The summed E-state index contributed by atoms with van der Waals surface area (Å²) < 4.78 is 4.73. The Morgan fingerprint density at radius 2 is 0.853 bits per heavy atom. The molecule has 336 valence electrons. The molecule has 0 N–H and O–H groups in total. The van der Waals surface area contributed by atoms with Crippen LogP contribution in [-0.2, 0) is 0 Å². The first-order chi connectivity index (χ1) is 33.4. The summed E-state index contributed by atoms with van der Waals surface area (Å²) in [6.07, 6.45) is 4.05. The van der Waals surface area contributed by atoms with E-state index < -0.39 is 0 Å². The number of para-hydroxylation sites is 2. The van der Waals surface area contributed by atoms with Crippen molar-refractivity contribution in [1.82, 2.24) is 28.9 Å². The highest BCUT2D eigenvalue weighted by Gasteiger charge is 2.58. The molecule has 8 aromatic rings. The fourth-order valence-corrected chi connectivity index (χ4v) is 15.1. The van der Waals surface area contributed by atoms with Gasteiger partial charge in [0.05, 0.1) is 45.0 Å². The Hall–Kier alpha value is -6.84. The van der Waals surface area contributed by atoms with Gasteiger partial charge in [-0.25, -0.2) is 9.97 Å². The zero-order valence-corrected chi connectivity index (χ0v) is 38.3. The third kappa shape index (κ3) is 6.38. The smallest absolute Gasteiger partial charge is 0.269 e. The van der Waals surface area contributed by atoms with Gasteiger partial charge in [0.15, 0.2) is 0 Å². The van der Waals surface area contributed by atoms with Crippen molar-refractivity contribution in [2.24, 2.45) is 0 Å². The summed E-state index contributed by atoms with van der Waals surface area (Å²) in [6, 6.07) is 53.8. The fourth-order valence-electron chi connectivity index (χ4n) is 12.5. The third-order valence-corrected chi connectivity index (χ3v) is 17.3. The molecule has 0 radical (unpaired) electrons. The van der Waals surface area contributed by atoms with Crippen LogP contribution in [0.4, 0.5) is 11.4 Å². The summed E-state index contributed by atoms with van der Waals surface area (Å²) in [4.78, 5) is 37.1. The first kappa shape index (κ1) is 41.4. The Labute approximate surface area is 401 Å². The molecule has 0 unspecified atom stereocenters. The Morgan fingerprint density at radius 3 is 1.25 bits per heavy atom. The van der Waals surface area contributed by atoms with E-state index in [1.165, 1.54) is 22.5 Å². The van der Waals surface area contributed by atoms with Gasteiger partial charge >= 0.3 is 0 Å². The molecule has 0 amide bonds. The fraction of sp³-hybridized carbons (Fsp3) is 0.222. The summed E-state index contributed by atoms with van der Waals surface area (Å²) in [7, 11) is 0. The molecule has 0 bridgehead atoms. The minimum atomic E-state index is -0.326. The molecule has 4 fully saturated rings. The number of hydrogen-bond donors (Lipinski definition) is 0. The number of nitro benzene ring substituents is 2. The van der Waals surface area contributed by atoms with E-state index in [2.05, 4.69) is 116 Å². The molecule has 8 atom stereocenters. The van der Waals surface area contributed by atoms with Gasteiger partial charge in [0.2, 0.25) is 0 Å². The summed E-state index contributed by atoms with van der Waals surface area (Å²) in [5.74, 6) is 7.37. The van der Waals surface area contributed by atoms with Crippen LogP contribution in [0.2, 0.25) is 0 Å². The predicted molar refractivity (Wildman–Crippen MR) is 267 cm³/mol. The predicted octanol–water partition coefficient (Wildman–Crippen LogP) is 11.5. The number of nitro groups is 2. The lowest BCUT2D eigenvalue weighted by Crippen LogP contribution is -2.30. The normalized spacial score (nSPS) is 24.8. The lowest BCUT2D eigenvalue weighted by atomic mass is 9.76. The van der Waals surface area contributed by atoms with Gasteiger partial charge in [-0.2, -0.15) is 0 Å². The molecule has 68 heavy (non-hydrogen) atoms. The molecular weight excluding hydrogens is 889 g/mol. The highest BCUT2D eigenvalue weighted by Crippen LogP contribution is 2.62. The lowest BCUT2D eigenvalue weighted by molar-refractivity contribution is -0.385. The van der Waals surface area contributed by atoms with E-state index in [0.29, 0.717) is 12.1 Å². The van der Waals surface area contributed by atoms with Crippen LogP contribution in [-0.4, -0.2) is 74.1 Å². The molecular formula is C54H44N8O4S2. The van der Waals surface area contributed by atoms with Crippen LogP contribution < -0.4 is 0 Å². The maximum absolute atomic E-state index is 11.2. The second kappa shape index (κ2) is 16.4. The number of benzene rings is 6. The van der Waals surface area contributed by atoms with Gasteiger partial charge in [-0.15, -0.1) is 23.5 Å². The van der Waals surface area contributed by atoms with Gasteiger partial charge in [0.25, 0.3) is 11.4 Å². The largest absolute Gasteiger partial charge is 0.296 e. The van der Waals surface area contributed by atoms with E-state index in [9.17, 15) is 20.2 Å². The molecule has 6 aromatic carbocycles. The highest BCUT2D eigenvalue weighted by molar-refractivity contribution is 7.99. The number of non-ortho nitro benzene ring substituents is 2. The SMILES string of the molecule is O=[N+]([O-])c1ccc([C@@H]2[C@@H]3c4ccccc4-n4c(-c5ccccc5)cnc4[C@@H]3[C@H]3CSCN32)cc1.O=[N+]([O-])c1ccc([C@H]2[C@H]3c4ccccc4-n4c(-c5ccccc5)cnc4[C@H]3[C@@H]3CSCN32)cc1. The number of aromatic nitrogens is 4. The molecule has 14 rings (SSSR count). The van der Waals surface area contributed by atoms with E-state index in [1.54, 1.807) is 24.3 Å². The van der Waals surface area contributed by atoms with Crippen LogP contribution in [0.3, 0.4) is 0 Å². The summed E-state index contributed by atoms with van der Waals surface area (Å²) in [5, 5.41) is 22.5. The molecule has 2 aromatic heterocycles. The molecule has 8 heterocycles. The van der Waals surface area contributed by atoms with E-state index in [1.807, 2.05) is 72.3 Å². The van der Waals surface area contributed by atoms with Crippen molar-refractivity contribution in [3.05, 3.63) is 224 Å². The lowest BCUT2D eigenvalue weighted by Gasteiger charge is -2.34. The van der Waals surface area contributed by atoms with E-state index in [-0.39, 0.29) is 57.0 Å². The number of imidazole rings is 2. The monoisotopic (exact) mass is 932 g/mol. The standard InChI is InChI=1S/2C27H22N4O2S/c2*32-31(33)19-12-10-18(11-13-19)26-24-20-8-4-5-9-21(20)30-22(17-6-2-1-3-7-17)14-28-27(30)25(24)23-15-34-16-29(23)26/h2*1-14,23-26H,15-16H2/t2*23-,24-,25-,26-/m10/s1. The topological polar surface area (TPSA) is 128 Å². The van der Waals surface area contributed by atoms with Crippen molar-refractivity contribution in [2.45, 2.75) is 47.8 Å². The van der Waals surface area contributed by atoms with Crippen molar-refractivity contribution >= 4 is 34.9 Å². The molecule has 6 aliphatic rings. The number of hydrogen-bond acceptors (Lipinski definition) is 10. The third-order valence-electron chi connectivity index (χ3n) is 15.2. The molecule has 0 aliphatic carbocycles. The number of nitrogens with zero attached hydrogens (tertiary/aromatic N) is 8. The summed E-state index contributed by atoms with van der Waals surface area (Å²) >= 11 is 3.94. The first-order valence-corrected chi connectivity index (χ1v) is 25.4. The van der Waals surface area contributed by atoms with E-state index in [4.69, 9.17) is 9.97 Å². The Balaban J connectivity index is 0.000000134. The first-order valence-electron chi connectivity index (χ1n) is 23.0. The molecule has 4 saturated heterocycles. The van der Waals surface area contributed by atoms with Crippen molar-refractivity contribution in [2.75, 3.05) is 23.3 Å². The molecule has 12 nitrogen and oxygen atoms in total. The number of fused-ring (bicyclic) bond motifs is 16. The van der Waals surface area contributed by atoms with Crippen molar-refractivity contribution < 1.29 is 9.85 Å². The minimum absolute atomic E-state index is 0.137. The molecule has 6 aliphatic heterocycles. The average molecular weight is 933 g/mol. The Bertz CT molecular complexity index is 3020. The zero-order chi connectivity index (χ0) is 45.6. The van der Waals surface area contributed by atoms with Gasteiger partial charge < -0.3 is 0 Å². The van der Waals surface area contributed by atoms with Gasteiger partial charge in [0, 0.05) is 106 Å². The quantitative estimate of drug-likeness (QED) is 0.117. The van der Waals surface area contributed by atoms with E-state index >= 15 is 0 Å². The van der Waals surface area contributed by atoms with Gasteiger partial charge in [-0.3, -0.25) is 39.2 Å². The molecule has 14 heteroatoms. The van der Waals surface area contributed by atoms with Gasteiger partial charge in [0.1, 0.15) is 11.6 Å². The zero-order valence-electron chi connectivity index (χ0n) is 36.6. The maximum atomic E-state index is 11.2. The molecule has 0 spiro atoms. The van der Waals surface area contributed by atoms with E-state index in [0.717, 1.165) is 68.5 Å². The van der Waals surface area contributed by atoms with Crippen LogP contribution in [0.1, 0.15) is 69.7 Å². The van der Waals surface area contributed by atoms with Gasteiger partial charge in [-0.1, -0.05) is 121 Å². The van der Waals surface area contributed by atoms with Crippen molar-refractivity contribution in [3.63, 3.8) is 0 Å². The summed E-state index contributed by atoms with van der Waals surface area (Å²) in [5.41, 5.74) is 12.2. The number of rotatable bonds is 6. The number of thioether (sulfide) groups is 2. The second-order valence-electron chi connectivity index (χ2n) is 18.4. The Kier molecular flexibility index (Phi) is 10.0. The van der Waals surface area contributed by atoms with Crippen LogP contribution in [0.5, 0.6) is 0 Å². The van der Waals surface area contributed by atoms with Crippen molar-refractivity contribution in [1.29, 1.82) is 0 Å². The minimum Gasteiger partial charge on any atom is -0.296 e. The van der Waals surface area contributed by atoms with Crippen LogP contribution in [0.25, 0.3) is 33.9 Å². The summed E-state index contributed by atoms with van der Waals surface area (Å²) in [6.45, 7) is 0. The van der Waals surface area contributed by atoms with Crippen LogP contribution in [0, 0.1) is 20.2 Å². The second-order valence-corrected chi connectivity index (χ2v) is 20.4. The Morgan fingerprint density at radius 1 is 0.471 bits per heavy atom. The molecule has 0 saturated carbocycles. The maximum Gasteiger partial charge on any atom is 0.269 e. The van der Waals surface area contributed by atoms with Crippen molar-refractivity contribution in [3.8, 4) is 33.9 Å². The van der Waals surface area contributed by atoms with Gasteiger partial charge in [-0.05, 0) is 34.4 Å². The van der Waals surface area contributed by atoms with Crippen LogP contribution >= 0.6 is 23.5 Å². The van der Waals surface area contributed by atoms with Crippen LogP contribution in [0.15, 0.2) is 170 Å². The highest BCUT2D eigenvalue weighted by atomic mass is 32.2. The average Bonchev–Trinajstić information content (AvgIpc) is 4.25.